The Morgan fingerprint density at radius 2 is 2.17 bits per heavy atom. The molecule has 0 saturated carbocycles. The molecule has 0 aliphatic rings. The maximum absolute atomic E-state index is 12.4. The minimum atomic E-state index is -0.559. The molecular weight excluding hydrogens is 314 g/mol. The van der Waals surface area contributed by atoms with Gasteiger partial charge in [0.25, 0.3) is 5.91 Å². The molecule has 6 nitrogen and oxygen atoms in total. The molecule has 23 heavy (non-hydrogen) atoms. The molecule has 2 heterocycles. The fourth-order valence-electron chi connectivity index (χ4n) is 2.23. The molecule has 1 unspecified atom stereocenters. The number of amides is 1. The van der Waals surface area contributed by atoms with Crippen molar-refractivity contribution in [2.24, 2.45) is 0 Å². The molecule has 7 heteroatoms. The molecule has 118 valence electrons. The molecule has 0 bridgehead atoms. The van der Waals surface area contributed by atoms with E-state index in [4.69, 9.17) is 9.26 Å². The van der Waals surface area contributed by atoms with Gasteiger partial charge in [0, 0.05) is 17.9 Å². The summed E-state index contributed by atoms with van der Waals surface area (Å²) in [5, 5.41) is 10.5. The number of hydrogen-bond acceptors (Lipinski definition) is 6. The van der Waals surface area contributed by atoms with Gasteiger partial charge in [-0.15, -0.1) is 0 Å². The van der Waals surface area contributed by atoms with Crippen LogP contribution in [0.1, 0.15) is 33.7 Å². The zero-order valence-corrected chi connectivity index (χ0v) is 13.5. The van der Waals surface area contributed by atoms with Gasteiger partial charge in [-0.25, -0.2) is 0 Å². The third kappa shape index (κ3) is 3.24. The fraction of sp³-hybridized carbons (Fsp3) is 0.188. The summed E-state index contributed by atoms with van der Waals surface area (Å²) in [6, 6.07) is 8.63. The predicted octanol–water partition coefficient (Wildman–Crippen LogP) is 2.97. The number of hydrogen-bond donors (Lipinski definition) is 1. The van der Waals surface area contributed by atoms with Crippen molar-refractivity contribution in [3.8, 4) is 5.75 Å². The number of aromatic nitrogens is 2. The molecule has 0 saturated heterocycles. The number of nitrogens with one attached hydrogen (secondary N) is 1. The maximum atomic E-state index is 12.4. The first kappa shape index (κ1) is 15.2. The topological polar surface area (TPSA) is 77.2 Å². The van der Waals surface area contributed by atoms with Gasteiger partial charge in [-0.05, 0) is 17.5 Å². The molecule has 0 aliphatic heterocycles. The second-order valence-corrected chi connectivity index (χ2v) is 5.61. The highest BCUT2D eigenvalue weighted by atomic mass is 32.1. The van der Waals surface area contributed by atoms with Gasteiger partial charge in [0.15, 0.2) is 5.82 Å². The van der Waals surface area contributed by atoms with E-state index >= 15 is 0 Å². The van der Waals surface area contributed by atoms with Crippen molar-refractivity contribution in [3.05, 3.63) is 63.9 Å². The number of carbonyl (C=O) groups is 1. The Bertz CT molecular complexity index is 799. The van der Waals surface area contributed by atoms with Crippen molar-refractivity contribution >= 4 is 17.2 Å². The van der Waals surface area contributed by atoms with E-state index < -0.39 is 6.04 Å². The number of methoxy groups -OCH3 is 1. The van der Waals surface area contributed by atoms with E-state index in [1.165, 1.54) is 11.3 Å². The summed E-state index contributed by atoms with van der Waals surface area (Å²) in [4.78, 5) is 16.7. The van der Waals surface area contributed by atoms with Gasteiger partial charge in [0.2, 0.25) is 5.89 Å². The number of aryl methyl sites for hydroxylation is 1. The number of nitrogens with zero attached hydrogens (tertiary/aromatic N) is 2. The van der Waals surface area contributed by atoms with Crippen LogP contribution in [0.2, 0.25) is 0 Å². The Balaban J connectivity index is 1.99. The molecular formula is C16H15N3O3S. The smallest absolute Gasteiger partial charge is 0.252 e. The van der Waals surface area contributed by atoms with Crippen LogP contribution >= 0.6 is 11.3 Å². The average molecular weight is 329 g/mol. The fourth-order valence-corrected chi connectivity index (χ4v) is 2.86. The summed E-state index contributed by atoms with van der Waals surface area (Å²) >= 11 is 1.46. The molecule has 3 aromatic rings. The van der Waals surface area contributed by atoms with Gasteiger partial charge in [-0.3, -0.25) is 4.79 Å². The van der Waals surface area contributed by atoms with E-state index in [1.807, 2.05) is 29.6 Å². The van der Waals surface area contributed by atoms with Crippen LogP contribution in [0.3, 0.4) is 0 Å². The van der Waals surface area contributed by atoms with Gasteiger partial charge in [0.1, 0.15) is 11.8 Å². The summed E-state index contributed by atoms with van der Waals surface area (Å²) in [6.45, 7) is 1.70. The number of carbonyl (C=O) groups excluding carboxylic acids is 1. The lowest BCUT2D eigenvalue weighted by atomic mass is 10.0. The van der Waals surface area contributed by atoms with Crippen LogP contribution in [0.5, 0.6) is 5.75 Å². The van der Waals surface area contributed by atoms with Crippen LogP contribution in [0.4, 0.5) is 0 Å². The van der Waals surface area contributed by atoms with Crippen LogP contribution in [-0.2, 0) is 0 Å². The summed E-state index contributed by atoms with van der Waals surface area (Å²) in [6.07, 6.45) is 0. The zero-order valence-electron chi connectivity index (χ0n) is 12.6. The Kier molecular flexibility index (Phi) is 4.38. The maximum Gasteiger partial charge on any atom is 0.252 e. The Morgan fingerprint density at radius 3 is 2.83 bits per heavy atom. The lowest BCUT2D eigenvalue weighted by molar-refractivity contribution is 0.0941. The Hall–Kier alpha value is -2.67. The SMILES string of the molecule is COc1ccccc1C(NC(=O)c1ccsc1)c1noc(C)n1. The van der Waals surface area contributed by atoms with E-state index in [0.29, 0.717) is 23.0 Å². The first-order valence-electron chi connectivity index (χ1n) is 6.95. The molecule has 1 aromatic carbocycles. The third-order valence-electron chi connectivity index (χ3n) is 3.31. The molecule has 0 fully saturated rings. The molecule has 1 N–H and O–H groups in total. The minimum absolute atomic E-state index is 0.204. The van der Waals surface area contributed by atoms with Crippen LogP contribution in [-0.4, -0.2) is 23.2 Å². The molecule has 2 aromatic heterocycles. The summed E-state index contributed by atoms with van der Waals surface area (Å²) < 4.78 is 10.5. The predicted molar refractivity (Wildman–Crippen MR) is 85.7 cm³/mol. The highest BCUT2D eigenvalue weighted by Crippen LogP contribution is 2.29. The number of thiophene rings is 1. The van der Waals surface area contributed by atoms with Crippen molar-refractivity contribution in [1.82, 2.24) is 15.5 Å². The Morgan fingerprint density at radius 1 is 1.35 bits per heavy atom. The molecule has 0 radical (unpaired) electrons. The molecule has 1 amide bonds. The standard InChI is InChI=1S/C16H15N3O3S/c1-10-17-15(19-22-10)14(12-5-3-4-6-13(12)21-2)18-16(20)11-7-8-23-9-11/h3-9,14H,1-2H3,(H,18,20). The average Bonchev–Trinajstić information content (AvgIpc) is 3.24. The van der Waals surface area contributed by atoms with E-state index in [1.54, 1.807) is 25.5 Å². The minimum Gasteiger partial charge on any atom is -0.496 e. The first-order valence-corrected chi connectivity index (χ1v) is 7.89. The van der Waals surface area contributed by atoms with Crippen LogP contribution < -0.4 is 10.1 Å². The van der Waals surface area contributed by atoms with Gasteiger partial charge in [-0.1, -0.05) is 23.4 Å². The monoisotopic (exact) mass is 329 g/mol. The lowest BCUT2D eigenvalue weighted by Crippen LogP contribution is -2.30. The normalized spacial score (nSPS) is 11.9. The van der Waals surface area contributed by atoms with E-state index in [-0.39, 0.29) is 5.91 Å². The van der Waals surface area contributed by atoms with E-state index in [9.17, 15) is 4.79 Å². The lowest BCUT2D eigenvalue weighted by Gasteiger charge is -2.18. The number of ether oxygens (including phenoxy) is 1. The number of benzene rings is 1. The van der Waals surface area contributed by atoms with E-state index in [0.717, 1.165) is 5.56 Å². The molecule has 3 rings (SSSR count). The second kappa shape index (κ2) is 6.62. The van der Waals surface area contributed by atoms with Gasteiger partial charge in [0.05, 0.1) is 12.7 Å². The van der Waals surface area contributed by atoms with Gasteiger partial charge < -0.3 is 14.6 Å². The van der Waals surface area contributed by atoms with Crippen molar-refractivity contribution < 1.29 is 14.1 Å². The summed E-state index contributed by atoms with van der Waals surface area (Å²) in [7, 11) is 1.58. The summed E-state index contributed by atoms with van der Waals surface area (Å²) in [5.41, 5.74) is 1.36. The van der Waals surface area contributed by atoms with Crippen molar-refractivity contribution in [1.29, 1.82) is 0 Å². The number of para-hydroxylation sites is 1. The van der Waals surface area contributed by atoms with Crippen molar-refractivity contribution in [2.75, 3.05) is 7.11 Å². The summed E-state index contributed by atoms with van der Waals surface area (Å²) in [5.74, 6) is 1.26. The van der Waals surface area contributed by atoms with Crippen molar-refractivity contribution in [2.45, 2.75) is 13.0 Å². The quantitative estimate of drug-likeness (QED) is 0.778. The largest absolute Gasteiger partial charge is 0.496 e. The third-order valence-corrected chi connectivity index (χ3v) is 3.99. The molecule has 0 spiro atoms. The number of rotatable bonds is 5. The first-order chi connectivity index (χ1) is 11.2. The highest BCUT2D eigenvalue weighted by Gasteiger charge is 2.25. The van der Waals surface area contributed by atoms with Crippen LogP contribution in [0.15, 0.2) is 45.6 Å². The molecule has 0 aliphatic carbocycles. The highest BCUT2D eigenvalue weighted by molar-refractivity contribution is 7.08. The van der Waals surface area contributed by atoms with E-state index in [2.05, 4.69) is 15.5 Å². The zero-order chi connectivity index (χ0) is 16.2. The Labute approximate surface area is 137 Å². The molecule has 1 atom stereocenters. The van der Waals surface area contributed by atoms with Gasteiger partial charge in [-0.2, -0.15) is 16.3 Å². The van der Waals surface area contributed by atoms with Crippen molar-refractivity contribution in [3.63, 3.8) is 0 Å². The van der Waals surface area contributed by atoms with Crippen LogP contribution in [0.25, 0.3) is 0 Å². The van der Waals surface area contributed by atoms with Gasteiger partial charge >= 0.3 is 0 Å². The second-order valence-electron chi connectivity index (χ2n) is 4.83. The van der Waals surface area contributed by atoms with Crippen LogP contribution in [0, 0.1) is 6.92 Å².